The van der Waals surface area contributed by atoms with Crippen LogP contribution in [0.25, 0.3) is 0 Å². The predicted molar refractivity (Wildman–Crippen MR) is 86.0 cm³/mol. The summed E-state index contributed by atoms with van der Waals surface area (Å²) in [5.74, 6) is 1.01. The van der Waals surface area contributed by atoms with E-state index in [2.05, 4.69) is 42.0 Å². The van der Waals surface area contributed by atoms with Gasteiger partial charge in [0.15, 0.2) is 0 Å². The molecule has 0 fully saturated rings. The van der Waals surface area contributed by atoms with Gasteiger partial charge in [0.2, 0.25) is 0 Å². The first-order valence-corrected chi connectivity index (χ1v) is 7.21. The highest BCUT2D eigenvalue weighted by Gasteiger charge is 2.14. The molecule has 2 aromatic rings. The highest BCUT2D eigenvalue weighted by Crippen LogP contribution is 2.28. The third-order valence-electron chi connectivity index (χ3n) is 3.49. The zero-order valence-corrected chi connectivity index (χ0v) is 13.4. The number of nitrogens with zero attached hydrogens (tertiary/aromatic N) is 3. The summed E-state index contributed by atoms with van der Waals surface area (Å²) in [7, 11) is 1.97. The second-order valence-electron chi connectivity index (χ2n) is 5.78. The van der Waals surface area contributed by atoms with Crippen molar-refractivity contribution in [1.29, 1.82) is 0 Å². The van der Waals surface area contributed by atoms with E-state index in [1.807, 2.05) is 25.8 Å². The third kappa shape index (κ3) is 3.39. The van der Waals surface area contributed by atoms with Crippen molar-refractivity contribution < 1.29 is 5.11 Å². The Balaban J connectivity index is 2.44. The van der Waals surface area contributed by atoms with Crippen LogP contribution in [0.5, 0.6) is 0 Å². The fourth-order valence-corrected chi connectivity index (χ4v) is 2.38. The first-order valence-electron chi connectivity index (χ1n) is 7.21. The SMILES string of the molecule is Cc1cc(C)cc(N(C)c2cnc(C(C)C)nc2CO)c1. The van der Waals surface area contributed by atoms with Gasteiger partial charge in [0.05, 0.1) is 24.2 Å². The Morgan fingerprint density at radius 1 is 1.14 bits per heavy atom. The Kier molecular flexibility index (Phi) is 4.58. The van der Waals surface area contributed by atoms with Crippen molar-refractivity contribution in [2.75, 3.05) is 11.9 Å². The minimum Gasteiger partial charge on any atom is -0.390 e. The van der Waals surface area contributed by atoms with Gasteiger partial charge in [0.1, 0.15) is 5.82 Å². The number of aromatic nitrogens is 2. The summed E-state index contributed by atoms with van der Waals surface area (Å²) in [5.41, 5.74) is 4.99. The molecule has 1 aromatic carbocycles. The number of aryl methyl sites for hydroxylation is 2. The van der Waals surface area contributed by atoms with Gasteiger partial charge in [-0.1, -0.05) is 19.9 Å². The first-order chi connectivity index (χ1) is 9.92. The lowest BCUT2D eigenvalue weighted by molar-refractivity contribution is 0.276. The summed E-state index contributed by atoms with van der Waals surface area (Å²) < 4.78 is 0. The maximum absolute atomic E-state index is 9.61. The molecule has 1 heterocycles. The number of hydrogen-bond donors (Lipinski definition) is 1. The van der Waals surface area contributed by atoms with Crippen molar-refractivity contribution in [3.05, 3.63) is 47.0 Å². The molecular weight excluding hydrogens is 262 g/mol. The lowest BCUT2D eigenvalue weighted by atomic mass is 10.1. The van der Waals surface area contributed by atoms with Crippen LogP contribution in [-0.4, -0.2) is 22.1 Å². The van der Waals surface area contributed by atoms with Crippen molar-refractivity contribution in [1.82, 2.24) is 9.97 Å². The molecule has 0 saturated heterocycles. The summed E-state index contributed by atoms with van der Waals surface area (Å²) >= 11 is 0. The van der Waals surface area contributed by atoms with E-state index in [1.54, 1.807) is 6.20 Å². The Hall–Kier alpha value is -1.94. The minimum atomic E-state index is -0.0906. The van der Waals surface area contributed by atoms with Crippen LogP contribution in [0.3, 0.4) is 0 Å². The molecule has 0 spiro atoms. The van der Waals surface area contributed by atoms with Gasteiger partial charge in [-0.2, -0.15) is 0 Å². The lowest BCUT2D eigenvalue weighted by Crippen LogP contribution is -2.15. The molecule has 0 bridgehead atoms. The van der Waals surface area contributed by atoms with Gasteiger partial charge in [0.25, 0.3) is 0 Å². The van der Waals surface area contributed by atoms with Crippen LogP contribution >= 0.6 is 0 Å². The van der Waals surface area contributed by atoms with Crippen LogP contribution in [0.2, 0.25) is 0 Å². The predicted octanol–water partition coefficient (Wildman–Crippen LogP) is 3.48. The molecule has 4 nitrogen and oxygen atoms in total. The molecule has 1 aromatic heterocycles. The minimum absolute atomic E-state index is 0.0906. The van der Waals surface area contributed by atoms with E-state index in [-0.39, 0.29) is 12.5 Å². The first kappa shape index (κ1) is 15.4. The van der Waals surface area contributed by atoms with Crippen LogP contribution in [0.15, 0.2) is 24.4 Å². The number of benzene rings is 1. The molecule has 0 aliphatic carbocycles. The maximum atomic E-state index is 9.61. The molecule has 2 rings (SSSR count). The fraction of sp³-hybridized carbons (Fsp3) is 0.412. The zero-order chi connectivity index (χ0) is 15.6. The molecule has 0 aliphatic rings. The van der Waals surface area contributed by atoms with E-state index >= 15 is 0 Å². The van der Waals surface area contributed by atoms with E-state index in [9.17, 15) is 5.11 Å². The van der Waals surface area contributed by atoms with Crippen molar-refractivity contribution in [2.45, 2.75) is 40.2 Å². The van der Waals surface area contributed by atoms with Gasteiger partial charge in [-0.25, -0.2) is 9.97 Å². The Morgan fingerprint density at radius 3 is 2.29 bits per heavy atom. The maximum Gasteiger partial charge on any atom is 0.131 e. The van der Waals surface area contributed by atoms with Crippen molar-refractivity contribution >= 4 is 11.4 Å². The van der Waals surface area contributed by atoms with Crippen molar-refractivity contribution in [3.8, 4) is 0 Å². The fourth-order valence-electron chi connectivity index (χ4n) is 2.38. The smallest absolute Gasteiger partial charge is 0.131 e. The van der Waals surface area contributed by atoms with Crippen molar-refractivity contribution in [2.24, 2.45) is 0 Å². The van der Waals surface area contributed by atoms with Crippen LogP contribution in [-0.2, 0) is 6.61 Å². The summed E-state index contributed by atoms with van der Waals surface area (Å²) in [5, 5.41) is 9.61. The standard InChI is InChI=1S/C17H23N3O/c1-11(2)17-18-9-16(15(10-21)19-17)20(5)14-7-12(3)6-13(4)8-14/h6-9,11,21H,10H2,1-5H3. The van der Waals surface area contributed by atoms with Gasteiger partial charge in [-0.3, -0.25) is 0 Å². The Labute approximate surface area is 126 Å². The average Bonchev–Trinajstić information content (AvgIpc) is 2.44. The number of rotatable bonds is 4. The van der Waals surface area contributed by atoms with E-state index in [1.165, 1.54) is 11.1 Å². The molecule has 0 unspecified atom stereocenters. The van der Waals surface area contributed by atoms with Gasteiger partial charge in [-0.15, -0.1) is 0 Å². The second kappa shape index (κ2) is 6.22. The molecule has 0 radical (unpaired) electrons. The number of aliphatic hydroxyl groups is 1. The highest BCUT2D eigenvalue weighted by molar-refractivity contribution is 5.65. The van der Waals surface area contributed by atoms with Crippen LogP contribution in [0.1, 0.15) is 42.4 Å². The summed E-state index contributed by atoms with van der Waals surface area (Å²) in [4.78, 5) is 10.9. The molecule has 0 amide bonds. The van der Waals surface area contributed by atoms with Gasteiger partial charge < -0.3 is 10.0 Å². The van der Waals surface area contributed by atoms with Gasteiger partial charge in [0, 0.05) is 18.7 Å². The third-order valence-corrected chi connectivity index (χ3v) is 3.49. The average molecular weight is 285 g/mol. The second-order valence-corrected chi connectivity index (χ2v) is 5.78. The van der Waals surface area contributed by atoms with E-state index < -0.39 is 0 Å². The molecule has 0 aliphatic heterocycles. The quantitative estimate of drug-likeness (QED) is 0.934. The largest absolute Gasteiger partial charge is 0.390 e. The lowest BCUT2D eigenvalue weighted by Gasteiger charge is -2.22. The number of hydrogen-bond acceptors (Lipinski definition) is 4. The molecule has 0 saturated carbocycles. The molecule has 4 heteroatoms. The van der Waals surface area contributed by atoms with E-state index in [4.69, 9.17) is 0 Å². The van der Waals surface area contributed by atoms with Crippen molar-refractivity contribution in [3.63, 3.8) is 0 Å². The molecular formula is C17H23N3O. The van der Waals surface area contributed by atoms with E-state index in [0.717, 1.165) is 17.2 Å². The normalized spacial score (nSPS) is 11.0. The molecule has 112 valence electrons. The van der Waals surface area contributed by atoms with E-state index in [0.29, 0.717) is 5.69 Å². The monoisotopic (exact) mass is 285 g/mol. The van der Waals surface area contributed by atoms with Gasteiger partial charge in [-0.05, 0) is 37.1 Å². The number of aliphatic hydroxyl groups excluding tert-OH is 1. The van der Waals surface area contributed by atoms with Gasteiger partial charge >= 0.3 is 0 Å². The molecule has 1 N–H and O–H groups in total. The topological polar surface area (TPSA) is 49.2 Å². The highest BCUT2D eigenvalue weighted by atomic mass is 16.3. The van der Waals surface area contributed by atoms with Crippen LogP contribution in [0, 0.1) is 13.8 Å². The zero-order valence-electron chi connectivity index (χ0n) is 13.4. The Bertz CT molecular complexity index is 618. The van der Waals surface area contributed by atoms with Crippen LogP contribution in [0.4, 0.5) is 11.4 Å². The molecule has 0 atom stereocenters. The number of anilines is 2. The summed E-state index contributed by atoms with van der Waals surface area (Å²) in [6.07, 6.45) is 1.80. The molecule has 21 heavy (non-hydrogen) atoms. The van der Waals surface area contributed by atoms with Crippen LogP contribution < -0.4 is 4.90 Å². The summed E-state index contributed by atoms with van der Waals surface area (Å²) in [6.45, 7) is 8.16. The Morgan fingerprint density at radius 2 is 1.76 bits per heavy atom. The summed E-state index contributed by atoms with van der Waals surface area (Å²) in [6, 6.07) is 6.37.